The number of nitrogens with two attached hydrogens (primary N) is 2. The van der Waals surface area contributed by atoms with E-state index in [1.807, 2.05) is 12.1 Å². The number of rotatable bonds is 3. The predicted molar refractivity (Wildman–Crippen MR) is 85.8 cm³/mol. The first-order valence-electron chi connectivity index (χ1n) is 7.07. The second kappa shape index (κ2) is 5.78. The fraction of sp³-hybridized carbons (Fsp3) is 0.333. The summed E-state index contributed by atoms with van der Waals surface area (Å²) >= 11 is 0. The molecular formula is C18H24N2. The molecule has 2 rings (SSSR count). The van der Waals surface area contributed by atoms with Crippen molar-refractivity contribution in [2.75, 3.05) is 0 Å². The van der Waals surface area contributed by atoms with E-state index in [1.165, 1.54) is 27.8 Å². The molecule has 2 aromatic rings. The molecule has 0 aliphatic carbocycles. The van der Waals surface area contributed by atoms with Gasteiger partial charge in [0.1, 0.15) is 0 Å². The average molecular weight is 268 g/mol. The summed E-state index contributed by atoms with van der Waals surface area (Å²) in [6, 6.07) is 10.4. The van der Waals surface area contributed by atoms with E-state index in [4.69, 9.17) is 11.5 Å². The van der Waals surface area contributed by atoms with Gasteiger partial charge in [0.15, 0.2) is 0 Å². The molecule has 4 N–H and O–H groups in total. The van der Waals surface area contributed by atoms with E-state index in [1.54, 1.807) is 0 Å². The van der Waals surface area contributed by atoms with Gasteiger partial charge in [-0.3, -0.25) is 0 Å². The van der Waals surface area contributed by atoms with Gasteiger partial charge in [-0.05, 0) is 66.6 Å². The van der Waals surface area contributed by atoms with Gasteiger partial charge in [0, 0.05) is 6.54 Å². The highest BCUT2D eigenvalue weighted by Crippen LogP contribution is 2.30. The Balaban J connectivity index is 2.55. The van der Waals surface area contributed by atoms with Crippen LogP contribution in [0.4, 0.5) is 0 Å². The van der Waals surface area contributed by atoms with E-state index >= 15 is 0 Å². The van der Waals surface area contributed by atoms with E-state index in [9.17, 15) is 0 Å². The minimum absolute atomic E-state index is 0.0971. The summed E-state index contributed by atoms with van der Waals surface area (Å²) < 4.78 is 0. The zero-order chi connectivity index (χ0) is 14.9. The summed E-state index contributed by atoms with van der Waals surface area (Å²) in [5, 5.41) is 0. The molecule has 0 heterocycles. The maximum absolute atomic E-state index is 6.54. The van der Waals surface area contributed by atoms with Crippen molar-refractivity contribution in [1.29, 1.82) is 0 Å². The fourth-order valence-corrected chi connectivity index (χ4v) is 2.79. The summed E-state index contributed by atoms with van der Waals surface area (Å²) in [6.45, 7) is 9.15. The third-order valence-corrected chi connectivity index (χ3v) is 4.28. The number of hydrogen-bond acceptors (Lipinski definition) is 2. The molecule has 0 radical (unpaired) electrons. The maximum atomic E-state index is 6.54. The van der Waals surface area contributed by atoms with Gasteiger partial charge < -0.3 is 11.5 Å². The zero-order valence-electron chi connectivity index (χ0n) is 12.8. The van der Waals surface area contributed by atoms with Crippen LogP contribution in [0.25, 0.3) is 0 Å². The van der Waals surface area contributed by atoms with E-state index in [2.05, 4.69) is 45.9 Å². The molecule has 2 aromatic carbocycles. The van der Waals surface area contributed by atoms with Crippen LogP contribution in [-0.4, -0.2) is 0 Å². The first-order valence-corrected chi connectivity index (χ1v) is 7.07. The third kappa shape index (κ3) is 2.62. The Morgan fingerprint density at radius 1 is 0.950 bits per heavy atom. The first kappa shape index (κ1) is 14.8. The molecule has 106 valence electrons. The van der Waals surface area contributed by atoms with Crippen LogP contribution in [0.2, 0.25) is 0 Å². The molecule has 1 unspecified atom stereocenters. The van der Waals surface area contributed by atoms with Gasteiger partial charge in [0.2, 0.25) is 0 Å². The number of benzene rings is 2. The Morgan fingerprint density at radius 3 is 2.10 bits per heavy atom. The molecule has 2 heteroatoms. The van der Waals surface area contributed by atoms with Crippen LogP contribution in [0.5, 0.6) is 0 Å². The van der Waals surface area contributed by atoms with Gasteiger partial charge in [0.25, 0.3) is 0 Å². The predicted octanol–water partition coefficient (Wildman–Crippen LogP) is 3.43. The van der Waals surface area contributed by atoms with Crippen LogP contribution >= 0.6 is 0 Å². The Labute approximate surface area is 121 Å². The molecule has 0 fully saturated rings. The molecule has 0 amide bonds. The van der Waals surface area contributed by atoms with Gasteiger partial charge in [-0.1, -0.05) is 30.3 Å². The molecule has 2 nitrogen and oxygen atoms in total. The van der Waals surface area contributed by atoms with Crippen molar-refractivity contribution in [2.45, 2.75) is 40.3 Å². The topological polar surface area (TPSA) is 52.0 Å². The molecule has 1 atom stereocenters. The van der Waals surface area contributed by atoms with Crippen LogP contribution in [0.1, 0.15) is 45.0 Å². The van der Waals surface area contributed by atoms with Crippen molar-refractivity contribution in [2.24, 2.45) is 11.5 Å². The molecule has 0 aliphatic rings. The van der Waals surface area contributed by atoms with Crippen LogP contribution in [-0.2, 0) is 6.54 Å². The lowest BCUT2D eigenvalue weighted by atomic mass is 9.87. The SMILES string of the molecule is Cc1cc(C)c(C)c(C(N)c2cccc(CN)c2)c1C. The van der Waals surface area contributed by atoms with Crippen molar-refractivity contribution in [3.05, 3.63) is 69.3 Å². The van der Waals surface area contributed by atoms with Gasteiger partial charge in [-0.15, -0.1) is 0 Å². The largest absolute Gasteiger partial charge is 0.326 e. The summed E-state index contributed by atoms with van der Waals surface area (Å²) in [4.78, 5) is 0. The van der Waals surface area contributed by atoms with Crippen molar-refractivity contribution in [1.82, 2.24) is 0 Å². The van der Waals surface area contributed by atoms with Crippen LogP contribution < -0.4 is 11.5 Å². The van der Waals surface area contributed by atoms with Crippen molar-refractivity contribution >= 4 is 0 Å². The minimum Gasteiger partial charge on any atom is -0.326 e. The van der Waals surface area contributed by atoms with Crippen LogP contribution in [0.15, 0.2) is 30.3 Å². The highest BCUT2D eigenvalue weighted by molar-refractivity contribution is 5.49. The van der Waals surface area contributed by atoms with E-state index in [0.29, 0.717) is 6.54 Å². The molecule has 0 aromatic heterocycles. The molecular weight excluding hydrogens is 244 g/mol. The zero-order valence-corrected chi connectivity index (χ0v) is 12.8. The quantitative estimate of drug-likeness (QED) is 0.896. The highest BCUT2D eigenvalue weighted by atomic mass is 14.6. The normalized spacial score (nSPS) is 12.5. The Kier molecular flexibility index (Phi) is 4.26. The van der Waals surface area contributed by atoms with E-state index < -0.39 is 0 Å². The van der Waals surface area contributed by atoms with Gasteiger partial charge in [0.05, 0.1) is 6.04 Å². The van der Waals surface area contributed by atoms with Crippen LogP contribution in [0.3, 0.4) is 0 Å². The molecule has 0 spiro atoms. The lowest BCUT2D eigenvalue weighted by Gasteiger charge is -2.22. The first-order chi connectivity index (χ1) is 9.45. The average Bonchev–Trinajstić information content (AvgIpc) is 2.45. The van der Waals surface area contributed by atoms with Crippen LogP contribution in [0, 0.1) is 27.7 Å². The summed E-state index contributed by atoms with van der Waals surface area (Å²) in [6.07, 6.45) is 0. The van der Waals surface area contributed by atoms with Crippen molar-refractivity contribution in [3.63, 3.8) is 0 Å². The summed E-state index contributed by atoms with van der Waals surface area (Å²) in [5.41, 5.74) is 20.9. The Bertz CT molecular complexity index is 603. The second-order valence-corrected chi connectivity index (χ2v) is 5.60. The standard InChI is InChI=1S/C18H24N2/c1-11-8-12(2)14(4)17(13(11)3)18(20)16-7-5-6-15(9-16)10-19/h5-9,18H,10,19-20H2,1-4H3. The van der Waals surface area contributed by atoms with Gasteiger partial charge >= 0.3 is 0 Å². The molecule has 0 saturated carbocycles. The lowest BCUT2D eigenvalue weighted by Crippen LogP contribution is -2.16. The molecule has 0 bridgehead atoms. The Morgan fingerprint density at radius 2 is 1.55 bits per heavy atom. The van der Waals surface area contributed by atoms with Crippen molar-refractivity contribution < 1.29 is 0 Å². The van der Waals surface area contributed by atoms with Crippen molar-refractivity contribution in [3.8, 4) is 0 Å². The minimum atomic E-state index is -0.0971. The van der Waals surface area contributed by atoms with E-state index in [0.717, 1.165) is 11.1 Å². The highest BCUT2D eigenvalue weighted by Gasteiger charge is 2.17. The van der Waals surface area contributed by atoms with Gasteiger partial charge in [-0.2, -0.15) is 0 Å². The second-order valence-electron chi connectivity index (χ2n) is 5.60. The lowest BCUT2D eigenvalue weighted by molar-refractivity contribution is 0.841. The molecule has 0 aliphatic heterocycles. The number of hydrogen-bond donors (Lipinski definition) is 2. The summed E-state index contributed by atoms with van der Waals surface area (Å²) in [7, 11) is 0. The third-order valence-electron chi connectivity index (χ3n) is 4.28. The summed E-state index contributed by atoms with van der Waals surface area (Å²) in [5.74, 6) is 0. The van der Waals surface area contributed by atoms with E-state index in [-0.39, 0.29) is 6.04 Å². The Hall–Kier alpha value is -1.64. The molecule has 0 saturated heterocycles. The smallest absolute Gasteiger partial charge is 0.0557 e. The number of aryl methyl sites for hydroxylation is 2. The monoisotopic (exact) mass is 268 g/mol. The fourth-order valence-electron chi connectivity index (χ4n) is 2.79. The van der Waals surface area contributed by atoms with Gasteiger partial charge in [-0.25, -0.2) is 0 Å². The maximum Gasteiger partial charge on any atom is 0.0557 e. The molecule has 20 heavy (non-hydrogen) atoms.